The minimum absolute atomic E-state index is 0.0187. The van der Waals surface area contributed by atoms with Crippen molar-refractivity contribution < 1.29 is 29.6 Å². The van der Waals surface area contributed by atoms with Gasteiger partial charge in [-0.15, -0.1) is 0 Å². The van der Waals surface area contributed by atoms with Crippen molar-refractivity contribution in [2.45, 2.75) is 53.1 Å². The van der Waals surface area contributed by atoms with Crippen molar-refractivity contribution in [2.24, 2.45) is 0 Å². The predicted molar refractivity (Wildman–Crippen MR) is 123 cm³/mol. The van der Waals surface area contributed by atoms with Gasteiger partial charge in [-0.2, -0.15) is 0 Å². The lowest BCUT2D eigenvalue weighted by molar-refractivity contribution is 0.0839. The number of hydrogen-bond donors (Lipinski definition) is 3. The van der Waals surface area contributed by atoms with E-state index in [0.29, 0.717) is 35.3 Å². The Morgan fingerprint density at radius 1 is 1.00 bits per heavy atom. The maximum Gasteiger partial charge on any atom is 0.174 e. The predicted octanol–water partition coefficient (Wildman–Crippen LogP) is 5.54. The van der Waals surface area contributed by atoms with Crippen LogP contribution in [0.25, 0.3) is 0 Å². The minimum atomic E-state index is -0.766. The van der Waals surface area contributed by atoms with Crippen LogP contribution in [0.4, 0.5) is 0 Å². The number of benzene rings is 2. The zero-order chi connectivity index (χ0) is 23.6. The molecular formula is C26H30O6. The second-order valence-corrected chi connectivity index (χ2v) is 8.53. The van der Waals surface area contributed by atoms with E-state index in [1.807, 2.05) is 39.8 Å². The van der Waals surface area contributed by atoms with E-state index in [1.165, 1.54) is 19.2 Å². The summed E-state index contributed by atoms with van der Waals surface area (Å²) in [6.45, 7) is 7.87. The normalized spacial score (nSPS) is 14.9. The molecular weight excluding hydrogens is 408 g/mol. The highest BCUT2D eigenvalue weighted by Gasteiger charge is 2.35. The maximum atomic E-state index is 13.0. The lowest BCUT2D eigenvalue weighted by Crippen LogP contribution is -2.22. The second kappa shape index (κ2) is 9.39. The van der Waals surface area contributed by atoms with E-state index in [9.17, 15) is 20.1 Å². The Kier molecular flexibility index (Phi) is 6.82. The van der Waals surface area contributed by atoms with E-state index in [2.05, 4.69) is 0 Å². The van der Waals surface area contributed by atoms with Crippen LogP contribution in [-0.4, -0.2) is 28.2 Å². The van der Waals surface area contributed by atoms with Crippen LogP contribution in [0.5, 0.6) is 28.7 Å². The van der Waals surface area contributed by atoms with Gasteiger partial charge in [0.1, 0.15) is 40.4 Å². The number of rotatable bonds is 6. The van der Waals surface area contributed by atoms with Crippen LogP contribution in [0.2, 0.25) is 0 Å². The number of ether oxygens (including phenoxy) is 2. The molecule has 1 aliphatic heterocycles. The number of carbonyl (C=O) groups excluding carboxylic acids is 1. The summed E-state index contributed by atoms with van der Waals surface area (Å²) in [5.74, 6) is 0.0383. The lowest BCUT2D eigenvalue weighted by atomic mass is 9.91. The number of aromatic hydroxyl groups is 3. The van der Waals surface area contributed by atoms with Crippen LogP contribution in [0.1, 0.15) is 67.3 Å². The molecule has 1 unspecified atom stereocenters. The molecule has 0 aromatic heterocycles. The molecule has 0 saturated heterocycles. The number of Topliss-reactive ketones (excluding diaryl/α,β-unsaturated/α-hetero) is 1. The third-order valence-electron chi connectivity index (χ3n) is 5.47. The fourth-order valence-corrected chi connectivity index (χ4v) is 3.75. The van der Waals surface area contributed by atoms with Crippen LogP contribution < -0.4 is 9.47 Å². The number of phenolic OH excluding ortho intramolecular Hbond substituents is 3. The number of ketones is 1. The van der Waals surface area contributed by atoms with Gasteiger partial charge >= 0.3 is 0 Å². The summed E-state index contributed by atoms with van der Waals surface area (Å²) in [7, 11) is 1.50. The average Bonchev–Trinajstić information content (AvgIpc) is 2.71. The fourth-order valence-electron chi connectivity index (χ4n) is 3.75. The van der Waals surface area contributed by atoms with E-state index < -0.39 is 6.10 Å². The number of methoxy groups -OCH3 is 1. The molecule has 170 valence electrons. The van der Waals surface area contributed by atoms with Gasteiger partial charge < -0.3 is 24.8 Å². The number of allylic oxidation sites excluding steroid dienone is 4. The molecule has 0 fully saturated rings. The van der Waals surface area contributed by atoms with E-state index >= 15 is 0 Å². The standard InChI is InChI=1S/C26H30O6/c1-14(2)6-8-16-10-18(20(28)11-19(16)27)24-13-22(30)25-21(29)12-23(31-5)17(26(25)32-24)9-7-15(3)4/h6-7,10-12,24,27-29H,8-9,13H2,1-5H3. The third-order valence-corrected chi connectivity index (χ3v) is 5.47. The van der Waals surface area contributed by atoms with Crippen molar-refractivity contribution in [3.8, 4) is 28.7 Å². The zero-order valence-electron chi connectivity index (χ0n) is 19.2. The first-order chi connectivity index (χ1) is 15.1. The van der Waals surface area contributed by atoms with Crippen molar-refractivity contribution >= 4 is 5.78 Å². The number of fused-ring (bicyclic) bond motifs is 1. The molecule has 1 aliphatic rings. The Balaban J connectivity index is 2.10. The van der Waals surface area contributed by atoms with Crippen molar-refractivity contribution in [3.05, 3.63) is 63.8 Å². The zero-order valence-corrected chi connectivity index (χ0v) is 19.2. The first-order valence-corrected chi connectivity index (χ1v) is 10.6. The van der Waals surface area contributed by atoms with Gasteiger partial charge in [0.25, 0.3) is 0 Å². The van der Waals surface area contributed by atoms with Crippen molar-refractivity contribution in [1.29, 1.82) is 0 Å². The number of carbonyl (C=O) groups is 1. The average molecular weight is 439 g/mol. The lowest BCUT2D eigenvalue weighted by Gasteiger charge is -2.29. The molecule has 2 aromatic rings. The monoisotopic (exact) mass is 438 g/mol. The summed E-state index contributed by atoms with van der Waals surface area (Å²) in [6.07, 6.45) is 4.09. The van der Waals surface area contributed by atoms with Gasteiger partial charge in [-0.1, -0.05) is 23.3 Å². The molecule has 32 heavy (non-hydrogen) atoms. The van der Waals surface area contributed by atoms with Crippen LogP contribution >= 0.6 is 0 Å². The molecule has 0 bridgehead atoms. The van der Waals surface area contributed by atoms with E-state index in [0.717, 1.165) is 11.1 Å². The second-order valence-electron chi connectivity index (χ2n) is 8.53. The fraction of sp³-hybridized carbons (Fsp3) is 0.346. The van der Waals surface area contributed by atoms with Gasteiger partial charge in [-0.05, 0) is 52.2 Å². The SMILES string of the molecule is COc1cc(O)c2c(c1CC=C(C)C)OC(c1cc(CC=C(C)C)c(O)cc1O)CC2=O. The Morgan fingerprint density at radius 2 is 1.66 bits per heavy atom. The summed E-state index contributed by atoms with van der Waals surface area (Å²) < 4.78 is 11.7. The summed E-state index contributed by atoms with van der Waals surface area (Å²) in [5, 5.41) is 31.3. The number of phenols is 3. The first-order valence-electron chi connectivity index (χ1n) is 10.6. The molecule has 3 N–H and O–H groups in total. The highest BCUT2D eigenvalue weighted by Crippen LogP contribution is 2.47. The van der Waals surface area contributed by atoms with Gasteiger partial charge in [0.15, 0.2) is 5.78 Å². The molecule has 1 heterocycles. The topological polar surface area (TPSA) is 96.2 Å². The summed E-state index contributed by atoms with van der Waals surface area (Å²) >= 11 is 0. The molecule has 0 spiro atoms. The van der Waals surface area contributed by atoms with Crippen LogP contribution in [0.3, 0.4) is 0 Å². The largest absolute Gasteiger partial charge is 0.508 e. The minimum Gasteiger partial charge on any atom is -0.508 e. The summed E-state index contributed by atoms with van der Waals surface area (Å²) in [4.78, 5) is 13.0. The molecule has 1 atom stereocenters. The van der Waals surface area contributed by atoms with Crippen molar-refractivity contribution in [1.82, 2.24) is 0 Å². The van der Waals surface area contributed by atoms with Crippen molar-refractivity contribution in [2.75, 3.05) is 7.11 Å². The Labute approximate surface area is 188 Å². The molecule has 3 rings (SSSR count). The van der Waals surface area contributed by atoms with E-state index in [-0.39, 0.29) is 40.8 Å². The Hall–Kier alpha value is -3.41. The van der Waals surface area contributed by atoms with Crippen LogP contribution in [-0.2, 0) is 12.8 Å². The summed E-state index contributed by atoms with van der Waals surface area (Å²) in [6, 6.07) is 4.38. The smallest absolute Gasteiger partial charge is 0.174 e. The molecule has 0 radical (unpaired) electrons. The van der Waals surface area contributed by atoms with Gasteiger partial charge in [-0.25, -0.2) is 0 Å². The Bertz CT molecular complexity index is 1100. The number of hydrogen-bond acceptors (Lipinski definition) is 6. The van der Waals surface area contributed by atoms with Crippen LogP contribution in [0, 0.1) is 0 Å². The molecule has 2 aromatic carbocycles. The van der Waals surface area contributed by atoms with Crippen LogP contribution in [0.15, 0.2) is 41.5 Å². The maximum absolute atomic E-state index is 13.0. The quantitative estimate of drug-likeness (QED) is 0.513. The van der Waals surface area contributed by atoms with E-state index in [1.54, 1.807) is 6.07 Å². The highest BCUT2D eigenvalue weighted by atomic mass is 16.5. The van der Waals surface area contributed by atoms with Gasteiger partial charge in [-0.3, -0.25) is 4.79 Å². The van der Waals surface area contributed by atoms with Gasteiger partial charge in [0.05, 0.1) is 13.5 Å². The summed E-state index contributed by atoms with van der Waals surface area (Å²) in [5.41, 5.74) is 4.01. The Morgan fingerprint density at radius 3 is 2.28 bits per heavy atom. The molecule has 0 saturated carbocycles. The van der Waals surface area contributed by atoms with Crippen molar-refractivity contribution in [3.63, 3.8) is 0 Å². The third kappa shape index (κ3) is 4.74. The van der Waals surface area contributed by atoms with Gasteiger partial charge in [0, 0.05) is 23.3 Å². The van der Waals surface area contributed by atoms with Gasteiger partial charge in [0.2, 0.25) is 0 Å². The van der Waals surface area contributed by atoms with E-state index in [4.69, 9.17) is 9.47 Å². The molecule has 6 heteroatoms. The molecule has 6 nitrogen and oxygen atoms in total. The highest BCUT2D eigenvalue weighted by molar-refractivity contribution is 6.03. The first kappa shape index (κ1) is 23.3. The molecule has 0 aliphatic carbocycles. The molecule has 0 amide bonds.